The summed E-state index contributed by atoms with van der Waals surface area (Å²) < 4.78 is 20.7. The van der Waals surface area contributed by atoms with Crippen molar-refractivity contribution < 1.29 is 13.9 Å². The van der Waals surface area contributed by atoms with E-state index in [2.05, 4.69) is 12.2 Å². The lowest BCUT2D eigenvalue weighted by atomic mass is 9.78. The molecule has 2 aromatic carbocycles. The maximum Gasteiger partial charge on any atom is 0.257 e. The Hall–Kier alpha value is -2.18. The Morgan fingerprint density at radius 3 is 2.74 bits per heavy atom. The van der Waals surface area contributed by atoms with Crippen LogP contribution >= 0.6 is 11.8 Å². The number of hydrogen-bond acceptors (Lipinski definition) is 4. The standard InChI is InChI=1S/C21H21FN2O2S/c1-2-18-16-12-27-20(23-19(25)14-8-4-3-5-9-14)24-21(16,13-26-18)15-10-6-7-11-17(15)22/h3-11,16,18H,2,12-13H2,1H3,(H,23,24,25)/t16-,18-,21?/m1/s1. The molecule has 1 amide bonds. The number of carbonyl (C=O) groups excluding carboxylic acids is 1. The Bertz CT molecular complexity index is 873. The fraction of sp³-hybridized carbons (Fsp3) is 0.333. The lowest BCUT2D eigenvalue weighted by Gasteiger charge is -2.36. The minimum absolute atomic E-state index is 0.0345. The van der Waals surface area contributed by atoms with Crippen molar-refractivity contribution in [1.29, 1.82) is 0 Å². The molecule has 6 heteroatoms. The molecule has 0 aliphatic carbocycles. The van der Waals surface area contributed by atoms with Crippen LogP contribution in [0.25, 0.3) is 0 Å². The van der Waals surface area contributed by atoms with E-state index in [0.29, 0.717) is 22.9 Å². The third-order valence-corrected chi connectivity index (χ3v) is 6.27. The van der Waals surface area contributed by atoms with Crippen LogP contribution in [-0.2, 0) is 10.3 Å². The molecule has 2 heterocycles. The minimum Gasteiger partial charge on any atom is -0.375 e. The van der Waals surface area contributed by atoms with Gasteiger partial charge in [-0.25, -0.2) is 9.38 Å². The van der Waals surface area contributed by atoms with Gasteiger partial charge in [0.15, 0.2) is 5.17 Å². The summed E-state index contributed by atoms with van der Waals surface area (Å²) >= 11 is 1.50. The van der Waals surface area contributed by atoms with E-state index in [1.165, 1.54) is 17.8 Å². The molecule has 140 valence electrons. The van der Waals surface area contributed by atoms with Crippen molar-refractivity contribution >= 4 is 22.8 Å². The third-order valence-electron chi connectivity index (χ3n) is 5.28. The molecule has 4 nitrogen and oxygen atoms in total. The van der Waals surface area contributed by atoms with Crippen LogP contribution in [0.2, 0.25) is 0 Å². The molecule has 0 aromatic heterocycles. The molecule has 0 spiro atoms. The molecular formula is C21H21FN2O2S. The second-order valence-corrected chi connectivity index (χ2v) is 7.83. The van der Waals surface area contributed by atoms with E-state index in [1.807, 2.05) is 24.3 Å². The summed E-state index contributed by atoms with van der Waals surface area (Å²) in [6.07, 6.45) is 0.884. The summed E-state index contributed by atoms with van der Waals surface area (Å²) in [7, 11) is 0. The number of halogens is 1. The van der Waals surface area contributed by atoms with Crippen LogP contribution in [0, 0.1) is 11.7 Å². The van der Waals surface area contributed by atoms with Gasteiger partial charge in [-0.05, 0) is 24.6 Å². The van der Waals surface area contributed by atoms with E-state index < -0.39 is 5.54 Å². The van der Waals surface area contributed by atoms with E-state index in [0.717, 1.165) is 12.2 Å². The molecule has 2 aliphatic rings. The van der Waals surface area contributed by atoms with Crippen LogP contribution in [-0.4, -0.2) is 29.5 Å². The Balaban J connectivity index is 1.70. The van der Waals surface area contributed by atoms with E-state index in [-0.39, 0.29) is 23.7 Å². The second kappa shape index (κ2) is 7.44. The molecule has 2 aromatic rings. The van der Waals surface area contributed by atoms with Crippen LogP contribution in [0.15, 0.2) is 59.6 Å². The minimum atomic E-state index is -0.795. The predicted molar refractivity (Wildman–Crippen MR) is 105 cm³/mol. The molecule has 1 unspecified atom stereocenters. The van der Waals surface area contributed by atoms with Crippen molar-refractivity contribution in [1.82, 2.24) is 5.32 Å². The number of nitrogens with one attached hydrogen (secondary N) is 1. The van der Waals surface area contributed by atoms with Gasteiger partial charge in [0.05, 0.1) is 12.7 Å². The first kappa shape index (κ1) is 18.2. The van der Waals surface area contributed by atoms with Crippen molar-refractivity contribution in [3.8, 4) is 0 Å². The van der Waals surface area contributed by atoms with Crippen molar-refractivity contribution in [3.63, 3.8) is 0 Å². The summed E-state index contributed by atoms with van der Waals surface area (Å²) in [5, 5.41) is 3.41. The van der Waals surface area contributed by atoms with Crippen LogP contribution in [0.5, 0.6) is 0 Å². The topological polar surface area (TPSA) is 50.7 Å². The normalized spacial score (nSPS) is 27.0. The third kappa shape index (κ3) is 3.28. The molecule has 4 rings (SSSR count). The van der Waals surface area contributed by atoms with E-state index in [4.69, 9.17) is 9.73 Å². The highest BCUT2D eigenvalue weighted by molar-refractivity contribution is 8.13. The van der Waals surface area contributed by atoms with Gasteiger partial charge in [-0.2, -0.15) is 0 Å². The molecule has 0 saturated carbocycles. The number of nitrogens with zero attached hydrogens (tertiary/aromatic N) is 1. The molecule has 1 N–H and O–H groups in total. The number of fused-ring (bicyclic) bond motifs is 1. The van der Waals surface area contributed by atoms with Gasteiger partial charge in [0.25, 0.3) is 5.91 Å². The Kier molecular flexibility index (Phi) is 5.02. The lowest BCUT2D eigenvalue weighted by molar-refractivity contribution is 0.0903. The van der Waals surface area contributed by atoms with Crippen molar-refractivity contribution in [2.45, 2.75) is 25.0 Å². The predicted octanol–water partition coefficient (Wildman–Crippen LogP) is 3.98. The summed E-state index contributed by atoms with van der Waals surface area (Å²) in [4.78, 5) is 17.4. The molecule has 2 aliphatic heterocycles. The molecular weight excluding hydrogens is 363 g/mol. The van der Waals surface area contributed by atoms with Gasteiger partial charge in [-0.3, -0.25) is 4.79 Å². The number of amidine groups is 1. The molecule has 1 fully saturated rings. The van der Waals surface area contributed by atoms with E-state index in [1.54, 1.807) is 24.3 Å². The Morgan fingerprint density at radius 2 is 2.00 bits per heavy atom. The summed E-state index contributed by atoms with van der Waals surface area (Å²) in [5.41, 5.74) is 0.311. The van der Waals surface area contributed by atoms with Gasteiger partial charge < -0.3 is 10.1 Å². The van der Waals surface area contributed by atoms with Gasteiger partial charge in [-0.15, -0.1) is 0 Å². The lowest BCUT2D eigenvalue weighted by Crippen LogP contribution is -2.44. The quantitative estimate of drug-likeness (QED) is 0.871. The molecule has 0 bridgehead atoms. The number of hydrogen-bond donors (Lipinski definition) is 1. The van der Waals surface area contributed by atoms with Crippen molar-refractivity contribution in [2.24, 2.45) is 10.9 Å². The highest BCUT2D eigenvalue weighted by atomic mass is 32.2. The van der Waals surface area contributed by atoms with E-state index in [9.17, 15) is 9.18 Å². The van der Waals surface area contributed by atoms with Crippen molar-refractivity contribution in [3.05, 3.63) is 71.5 Å². The van der Waals surface area contributed by atoms with Gasteiger partial charge in [0.2, 0.25) is 0 Å². The maximum absolute atomic E-state index is 14.7. The number of rotatable bonds is 3. The summed E-state index contributed by atoms with van der Waals surface area (Å²) in [6, 6.07) is 15.7. The monoisotopic (exact) mass is 384 g/mol. The fourth-order valence-corrected chi connectivity index (χ4v) is 5.10. The molecule has 0 radical (unpaired) electrons. The van der Waals surface area contributed by atoms with Gasteiger partial charge in [0, 0.05) is 22.8 Å². The average molecular weight is 384 g/mol. The Morgan fingerprint density at radius 1 is 1.26 bits per heavy atom. The number of benzene rings is 2. The maximum atomic E-state index is 14.7. The van der Waals surface area contributed by atoms with Gasteiger partial charge >= 0.3 is 0 Å². The fourth-order valence-electron chi connectivity index (χ4n) is 3.88. The zero-order valence-electron chi connectivity index (χ0n) is 15.0. The first-order valence-electron chi connectivity index (χ1n) is 9.09. The smallest absolute Gasteiger partial charge is 0.257 e. The van der Waals surface area contributed by atoms with Crippen LogP contribution in [0.3, 0.4) is 0 Å². The molecule has 3 atom stereocenters. The van der Waals surface area contributed by atoms with Crippen LogP contribution in [0.4, 0.5) is 4.39 Å². The average Bonchev–Trinajstić information content (AvgIpc) is 3.07. The SMILES string of the molecule is CC[C@H]1OCC2(c3ccccc3F)N=C(NC(=O)c3ccccc3)SC[C@H]12. The summed E-state index contributed by atoms with van der Waals surface area (Å²) in [6.45, 7) is 2.39. The highest BCUT2D eigenvalue weighted by Gasteiger charge is 2.53. The zero-order valence-corrected chi connectivity index (χ0v) is 15.8. The van der Waals surface area contributed by atoms with Gasteiger partial charge in [0.1, 0.15) is 11.4 Å². The number of thioether (sulfide) groups is 1. The number of ether oxygens (including phenoxy) is 1. The second-order valence-electron chi connectivity index (χ2n) is 6.82. The van der Waals surface area contributed by atoms with Crippen LogP contribution in [0.1, 0.15) is 29.3 Å². The van der Waals surface area contributed by atoms with Crippen molar-refractivity contribution in [2.75, 3.05) is 12.4 Å². The summed E-state index contributed by atoms with van der Waals surface area (Å²) in [5.74, 6) is 0.296. The first-order chi connectivity index (χ1) is 13.1. The first-order valence-corrected chi connectivity index (χ1v) is 10.1. The number of aliphatic imine (C=N–C) groups is 1. The number of carbonyl (C=O) groups is 1. The zero-order chi connectivity index (χ0) is 18.9. The Labute approximate surface area is 162 Å². The number of amides is 1. The van der Waals surface area contributed by atoms with Crippen LogP contribution < -0.4 is 5.32 Å². The molecule has 1 saturated heterocycles. The molecule has 27 heavy (non-hydrogen) atoms. The largest absolute Gasteiger partial charge is 0.375 e. The highest BCUT2D eigenvalue weighted by Crippen LogP contribution is 2.48. The van der Waals surface area contributed by atoms with Gasteiger partial charge in [-0.1, -0.05) is 55.1 Å². The van der Waals surface area contributed by atoms with E-state index >= 15 is 0 Å².